The van der Waals surface area contributed by atoms with Gasteiger partial charge in [0.05, 0.1) is 16.8 Å². The number of H-pyrrole nitrogens is 1. The number of piperidine rings is 1. The molecule has 4 heterocycles. The van der Waals surface area contributed by atoms with E-state index in [-0.39, 0.29) is 11.7 Å². The summed E-state index contributed by atoms with van der Waals surface area (Å²) in [6.07, 6.45) is 6.03. The van der Waals surface area contributed by atoms with E-state index in [9.17, 15) is 13.2 Å². The van der Waals surface area contributed by atoms with Crippen molar-refractivity contribution in [2.24, 2.45) is 5.73 Å². The Labute approximate surface area is 211 Å². The summed E-state index contributed by atoms with van der Waals surface area (Å²) in [6.45, 7) is 7.31. The van der Waals surface area contributed by atoms with Gasteiger partial charge < -0.3 is 10.7 Å². The van der Waals surface area contributed by atoms with Crippen molar-refractivity contribution in [3.8, 4) is 11.1 Å². The van der Waals surface area contributed by atoms with Crippen LogP contribution in [0.5, 0.6) is 0 Å². The molecule has 188 valence electrons. The minimum atomic E-state index is -3.17. The zero-order valence-electron chi connectivity index (χ0n) is 20.4. The summed E-state index contributed by atoms with van der Waals surface area (Å²) in [7, 11) is -3.17. The molecular formula is C26H34N4O3S2. The quantitative estimate of drug-likeness (QED) is 0.478. The Balaban J connectivity index is 1.47. The molecule has 9 heteroatoms. The third-order valence-electron chi connectivity index (χ3n) is 7.79. The number of carbonyl (C=O) groups is 1. The molecule has 1 atom stereocenters. The summed E-state index contributed by atoms with van der Waals surface area (Å²) < 4.78 is 26.2. The topological polar surface area (TPSA) is 99.5 Å². The van der Waals surface area contributed by atoms with Gasteiger partial charge in [-0.25, -0.2) is 12.7 Å². The van der Waals surface area contributed by atoms with E-state index in [1.165, 1.54) is 17.7 Å². The molecule has 2 saturated heterocycles. The van der Waals surface area contributed by atoms with Gasteiger partial charge in [-0.2, -0.15) is 0 Å². The lowest BCUT2D eigenvalue weighted by molar-refractivity contribution is 0.100. The number of primary amides is 1. The number of nitrogens with two attached hydrogens (primary N) is 1. The molecule has 2 aromatic heterocycles. The minimum Gasteiger partial charge on any atom is -0.366 e. The molecule has 3 N–H and O–H groups in total. The van der Waals surface area contributed by atoms with Gasteiger partial charge in [-0.05, 0) is 98.8 Å². The molecule has 1 aromatic carbocycles. The number of nitrogens with one attached hydrogen (secondary N) is 1. The molecular weight excluding hydrogens is 480 g/mol. The Hall–Kier alpha value is -2.20. The summed E-state index contributed by atoms with van der Waals surface area (Å²) in [5, 5.41) is 3.18. The first-order chi connectivity index (χ1) is 16.8. The molecule has 7 nitrogen and oxygen atoms in total. The number of thiophene rings is 1. The molecule has 2 aliphatic rings. The van der Waals surface area contributed by atoms with Gasteiger partial charge in [0.25, 0.3) is 5.91 Å². The Morgan fingerprint density at radius 2 is 1.86 bits per heavy atom. The van der Waals surface area contributed by atoms with Gasteiger partial charge >= 0.3 is 0 Å². The molecule has 2 fully saturated rings. The molecule has 0 radical (unpaired) electrons. The van der Waals surface area contributed by atoms with Crippen molar-refractivity contribution in [1.29, 1.82) is 0 Å². The number of aromatic amines is 1. The monoisotopic (exact) mass is 514 g/mol. The fourth-order valence-corrected chi connectivity index (χ4v) is 7.75. The van der Waals surface area contributed by atoms with E-state index in [1.54, 1.807) is 22.6 Å². The Bertz CT molecular complexity index is 1330. The molecule has 0 saturated carbocycles. The van der Waals surface area contributed by atoms with Crippen LogP contribution in [0.15, 0.2) is 29.8 Å². The van der Waals surface area contributed by atoms with E-state index in [1.807, 2.05) is 12.3 Å². The van der Waals surface area contributed by atoms with Gasteiger partial charge in [0.15, 0.2) is 0 Å². The SMILES string of the molecule is CCS(=O)(=O)N1CCC(c2c[nH]c3c(C(N)=O)cc(-c4csc([C@@H](C)N5CCCC5)c4)cc23)CC1. The number of nitrogens with zero attached hydrogens (tertiary/aromatic N) is 2. The second kappa shape index (κ2) is 9.69. The predicted octanol–water partition coefficient (Wildman–Crippen LogP) is 4.68. The van der Waals surface area contributed by atoms with Crippen LogP contribution in [0.4, 0.5) is 0 Å². The summed E-state index contributed by atoms with van der Waals surface area (Å²) in [4.78, 5) is 19.5. The molecule has 0 unspecified atom stereocenters. The standard InChI is InChI=1S/C26H34N4O3S2/c1-3-35(32,33)30-10-6-18(7-11-30)23-15-28-25-21(23)12-19(13-22(25)26(27)31)20-14-24(34-16-20)17(2)29-8-4-5-9-29/h12-18,28H,3-11H2,1-2H3,(H2,27,31)/t17-/m1/s1. The van der Waals surface area contributed by atoms with Gasteiger partial charge in [0, 0.05) is 35.6 Å². The van der Waals surface area contributed by atoms with E-state index < -0.39 is 15.9 Å². The number of carbonyl (C=O) groups excluding carboxylic acids is 1. The van der Waals surface area contributed by atoms with Crippen molar-refractivity contribution in [3.63, 3.8) is 0 Å². The number of hydrogen-bond acceptors (Lipinski definition) is 5. The van der Waals surface area contributed by atoms with Crippen molar-refractivity contribution >= 4 is 38.2 Å². The first-order valence-electron chi connectivity index (χ1n) is 12.5. The second-order valence-corrected chi connectivity index (χ2v) is 13.0. The Morgan fingerprint density at radius 3 is 2.51 bits per heavy atom. The number of likely N-dealkylation sites (tertiary alicyclic amines) is 1. The van der Waals surface area contributed by atoms with Gasteiger partial charge in [-0.3, -0.25) is 9.69 Å². The number of hydrogen-bond donors (Lipinski definition) is 2. The zero-order chi connectivity index (χ0) is 24.7. The number of sulfonamides is 1. The van der Waals surface area contributed by atoms with E-state index >= 15 is 0 Å². The van der Waals surface area contributed by atoms with E-state index in [0.717, 1.165) is 53.5 Å². The van der Waals surface area contributed by atoms with Gasteiger partial charge in [0.1, 0.15) is 0 Å². The average Bonchev–Trinajstić information content (AvgIpc) is 3.63. The summed E-state index contributed by atoms with van der Waals surface area (Å²) in [5.74, 6) is -0.0824. The number of aromatic nitrogens is 1. The predicted molar refractivity (Wildman–Crippen MR) is 142 cm³/mol. The van der Waals surface area contributed by atoms with Crippen molar-refractivity contribution < 1.29 is 13.2 Å². The Morgan fingerprint density at radius 1 is 1.14 bits per heavy atom. The fraction of sp³-hybridized carbons (Fsp3) is 0.500. The number of benzene rings is 1. The normalized spacial score (nSPS) is 19.5. The van der Waals surface area contributed by atoms with Crippen LogP contribution in [0.25, 0.3) is 22.0 Å². The molecule has 0 spiro atoms. The largest absolute Gasteiger partial charge is 0.366 e. The van der Waals surface area contributed by atoms with Crippen LogP contribution in [0.3, 0.4) is 0 Å². The van der Waals surface area contributed by atoms with E-state index in [4.69, 9.17) is 5.73 Å². The smallest absolute Gasteiger partial charge is 0.250 e. The number of amides is 1. The Kier molecular flexibility index (Phi) is 6.78. The van der Waals surface area contributed by atoms with Crippen molar-refractivity contribution in [3.05, 3.63) is 45.8 Å². The molecule has 0 aliphatic carbocycles. The van der Waals surface area contributed by atoms with Gasteiger partial charge in [-0.15, -0.1) is 11.3 Å². The molecule has 5 rings (SSSR count). The first-order valence-corrected chi connectivity index (χ1v) is 15.0. The highest BCUT2D eigenvalue weighted by atomic mass is 32.2. The van der Waals surface area contributed by atoms with E-state index in [0.29, 0.717) is 24.7 Å². The first kappa shape index (κ1) is 24.5. The third-order valence-corrected chi connectivity index (χ3v) is 10.8. The maximum atomic E-state index is 12.4. The third kappa shape index (κ3) is 4.67. The van der Waals surface area contributed by atoms with Crippen molar-refractivity contribution in [2.45, 2.75) is 51.5 Å². The molecule has 35 heavy (non-hydrogen) atoms. The highest BCUT2D eigenvalue weighted by Gasteiger charge is 2.29. The van der Waals surface area contributed by atoms with Crippen LogP contribution < -0.4 is 5.73 Å². The molecule has 3 aromatic rings. The lowest BCUT2D eigenvalue weighted by Gasteiger charge is -2.31. The zero-order valence-corrected chi connectivity index (χ0v) is 22.1. The van der Waals surface area contributed by atoms with Crippen LogP contribution in [0.1, 0.15) is 72.3 Å². The van der Waals surface area contributed by atoms with Crippen LogP contribution in [0, 0.1) is 0 Å². The highest BCUT2D eigenvalue weighted by Crippen LogP contribution is 2.39. The van der Waals surface area contributed by atoms with Crippen LogP contribution in [-0.2, 0) is 10.0 Å². The maximum Gasteiger partial charge on any atom is 0.250 e. The minimum absolute atomic E-state index is 0.134. The van der Waals surface area contributed by atoms with Crippen molar-refractivity contribution in [1.82, 2.24) is 14.2 Å². The summed E-state index contributed by atoms with van der Waals surface area (Å²) >= 11 is 1.77. The van der Waals surface area contributed by atoms with Crippen LogP contribution >= 0.6 is 11.3 Å². The van der Waals surface area contributed by atoms with Crippen molar-refractivity contribution in [2.75, 3.05) is 31.9 Å². The van der Waals surface area contributed by atoms with Gasteiger partial charge in [-0.1, -0.05) is 0 Å². The van der Waals surface area contributed by atoms with E-state index in [2.05, 4.69) is 34.3 Å². The summed E-state index contributed by atoms with van der Waals surface area (Å²) in [5.41, 5.74) is 10.3. The van der Waals surface area contributed by atoms with Crippen LogP contribution in [0.2, 0.25) is 0 Å². The fourth-order valence-electron chi connectivity index (χ4n) is 5.61. The van der Waals surface area contributed by atoms with Gasteiger partial charge in [0.2, 0.25) is 10.0 Å². The number of fused-ring (bicyclic) bond motifs is 1. The average molecular weight is 515 g/mol. The second-order valence-electron chi connectivity index (χ2n) is 9.79. The number of rotatable bonds is 7. The molecule has 1 amide bonds. The van der Waals surface area contributed by atoms with Crippen LogP contribution in [-0.4, -0.2) is 60.4 Å². The molecule has 0 bridgehead atoms. The molecule has 2 aliphatic heterocycles. The lowest BCUT2D eigenvalue weighted by atomic mass is 9.88. The maximum absolute atomic E-state index is 12.4. The summed E-state index contributed by atoms with van der Waals surface area (Å²) in [6, 6.07) is 6.70. The lowest BCUT2D eigenvalue weighted by Crippen LogP contribution is -2.38. The highest BCUT2D eigenvalue weighted by molar-refractivity contribution is 7.89.